The number of halogens is 2. The third-order valence-corrected chi connectivity index (χ3v) is 5.22. The van der Waals surface area contributed by atoms with Crippen molar-refractivity contribution >= 4 is 38.9 Å². The Kier molecular flexibility index (Phi) is 4.10. The van der Waals surface area contributed by atoms with Crippen molar-refractivity contribution in [1.82, 2.24) is 0 Å². The summed E-state index contributed by atoms with van der Waals surface area (Å²) in [6.07, 6.45) is 0. The fraction of sp³-hybridized carbons (Fsp3) is 0.133. The van der Waals surface area contributed by atoms with Gasteiger partial charge in [0.1, 0.15) is 16.5 Å². The van der Waals surface area contributed by atoms with Crippen LogP contribution in [-0.4, -0.2) is 20.9 Å². The lowest BCUT2D eigenvalue weighted by Crippen LogP contribution is -2.26. The van der Waals surface area contributed by atoms with E-state index in [1.54, 1.807) is 6.92 Å². The van der Waals surface area contributed by atoms with Crippen LogP contribution in [0.2, 0.25) is 5.02 Å². The number of hydrogen-bond acceptors (Lipinski definition) is 4. The number of sulfonamides is 1. The summed E-state index contributed by atoms with van der Waals surface area (Å²) >= 11 is 6.04. The summed E-state index contributed by atoms with van der Waals surface area (Å²) in [5.74, 6) is -0.615. The lowest BCUT2D eigenvalue weighted by Gasteiger charge is -2.20. The van der Waals surface area contributed by atoms with Crippen molar-refractivity contribution in [2.45, 2.75) is 11.8 Å². The van der Waals surface area contributed by atoms with Crippen LogP contribution in [0, 0.1) is 12.7 Å². The number of hydrogen-bond donors (Lipinski definition) is 2. The van der Waals surface area contributed by atoms with Crippen molar-refractivity contribution in [3.8, 4) is 5.75 Å². The summed E-state index contributed by atoms with van der Waals surface area (Å²) < 4.78 is 45.9. The fourth-order valence-corrected chi connectivity index (χ4v) is 3.90. The van der Waals surface area contributed by atoms with Crippen molar-refractivity contribution in [3.63, 3.8) is 0 Å². The molecule has 0 aromatic heterocycles. The van der Waals surface area contributed by atoms with Crippen LogP contribution in [0.15, 0.2) is 35.2 Å². The first kappa shape index (κ1) is 16.5. The summed E-state index contributed by atoms with van der Waals surface area (Å²) in [5, 5.41) is 2.46. The number of carbonyl (C=O) groups excluding carboxylic acids is 1. The van der Waals surface area contributed by atoms with E-state index in [2.05, 4.69) is 10.0 Å². The van der Waals surface area contributed by atoms with Gasteiger partial charge in [-0.15, -0.1) is 0 Å². The normalized spacial score (nSPS) is 13.7. The number of fused-ring (bicyclic) bond motifs is 1. The van der Waals surface area contributed by atoms with Gasteiger partial charge in [0.05, 0.1) is 16.4 Å². The Morgan fingerprint density at radius 3 is 2.75 bits per heavy atom. The highest BCUT2D eigenvalue weighted by atomic mass is 35.5. The lowest BCUT2D eigenvalue weighted by molar-refractivity contribution is -0.118. The van der Waals surface area contributed by atoms with Crippen molar-refractivity contribution < 1.29 is 22.3 Å². The average Bonchev–Trinajstić information content (AvgIpc) is 2.49. The Labute approximate surface area is 142 Å². The molecule has 1 aliphatic rings. The molecule has 2 aromatic rings. The number of anilines is 2. The topological polar surface area (TPSA) is 84.5 Å². The summed E-state index contributed by atoms with van der Waals surface area (Å²) in [5.41, 5.74) is 0.962. The van der Waals surface area contributed by atoms with Crippen LogP contribution >= 0.6 is 11.6 Å². The van der Waals surface area contributed by atoms with Gasteiger partial charge in [-0.25, -0.2) is 12.8 Å². The Morgan fingerprint density at radius 2 is 2.04 bits per heavy atom. The van der Waals surface area contributed by atoms with Gasteiger partial charge in [-0.05, 0) is 36.8 Å². The second-order valence-corrected chi connectivity index (χ2v) is 7.24. The third-order valence-electron chi connectivity index (χ3n) is 3.39. The highest BCUT2D eigenvalue weighted by Gasteiger charge is 2.25. The summed E-state index contributed by atoms with van der Waals surface area (Å²) in [6, 6.07) is 6.23. The van der Waals surface area contributed by atoms with Gasteiger partial charge in [0.25, 0.3) is 15.9 Å². The van der Waals surface area contributed by atoms with Crippen molar-refractivity contribution in [1.29, 1.82) is 0 Å². The van der Waals surface area contributed by atoms with E-state index in [1.807, 2.05) is 0 Å². The first-order chi connectivity index (χ1) is 11.3. The molecule has 6 nitrogen and oxygen atoms in total. The van der Waals surface area contributed by atoms with Gasteiger partial charge in [-0.1, -0.05) is 11.6 Å². The zero-order valence-corrected chi connectivity index (χ0v) is 14.0. The Balaban J connectivity index is 1.99. The number of amides is 1. The zero-order valence-electron chi connectivity index (χ0n) is 12.4. The summed E-state index contributed by atoms with van der Waals surface area (Å²) in [7, 11) is -4.02. The maximum Gasteiger partial charge on any atom is 0.263 e. The SMILES string of the molecule is Cc1cc(F)ccc1NS(=O)(=O)c1cc2c(cc1Cl)NC(=O)CO2. The van der Waals surface area contributed by atoms with Gasteiger partial charge >= 0.3 is 0 Å². The van der Waals surface area contributed by atoms with E-state index in [1.165, 1.54) is 24.3 Å². The molecule has 0 saturated heterocycles. The van der Waals surface area contributed by atoms with E-state index in [0.717, 1.165) is 6.07 Å². The van der Waals surface area contributed by atoms with E-state index < -0.39 is 15.8 Å². The molecule has 3 rings (SSSR count). The molecule has 0 radical (unpaired) electrons. The predicted molar refractivity (Wildman–Crippen MR) is 87.5 cm³/mol. The highest BCUT2D eigenvalue weighted by Crippen LogP contribution is 2.36. The molecule has 126 valence electrons. The van der Waals surface area contributed by atoms with Crippen LogP contribution in [0.3, 0.4) is 0 Å². The Hall–Kier alpha value is -2.32. The minimum absolute atomic E-state index is 0.0770. The number of aryl methyl sites for hydroxylation is 1. The number of rotatable bonds is 3. The number of benzene rings is 2. The van der Waals surface area contributed by atoms with Gasteiger partial charge in [0, 0.05) is 6.07 Å². The molecule has 0 saturated carbocycles. The maximum atomic E-state index is 13.1. The molecule has 2 N–H and O–H groups in total. The van der Waals surface area contributed by atoms with E-state index >= 15 is 0 Å². The second kappa shape index (κ2) is 5.95. The Morgan fingerprint density at radius 1 is 1.29 bits per heavy atom. The quantitative estimate of drug-likeness (QED) is 0.870. The zero-order chi connectivity index (χ0) is 17.5. The molecule has 0 bridgehead atoms. The number of nitrogens with one attached hydrogen (secondary N) is 2. The van der Waals surface area contributed by atoms with Gasteiger partial charge < -0.3 is 10.1 Å². The Bertz CT molecular complexity index is 947. The molecule has 24 heavy (non-hydrogen) atoms. The summed E-state index contributed by atoms with van der Waals surface area (Å²) in [4.78, 5) is 11.1. The number of carbonyl (C=O) groups is 1. The molecule has 1 heterocycles. The largest absolute Gasteiger partial charge is 0.482 e. The molecule has 0 atom stereocenters. The molecular formula is C15H12ClFN2O4S. The minimum Gasteiger partial charge on any atom is -0.482 e. The standard InChI is InChI=1S/C15H12ClFN2O4S/c1-8-4-9(17)2-3-11(8)19-24(21,22)14-6-13-12(5-10(14)16)18-15(20)7-23-13/h2-6,19H,7H2,1H3,(H,18,20). The molecule has 1 amide bonds. The average molecular weight is 371 g/mol. The third kappa shape index (κ3) is 3.15. The molecule has 0 fully saturated rings. The van der Waals surface area contributed by atoms with Crippen LogP contribution in [0.5, 0.6) is 5.75 Å². The van der Waals surface area contributed by atoms with Gasteiger partial charge in [0.15, 0.2) is 6.61 Å². The number of ether oxygens (including phenoxy) is 1. The molecule has 0 spiro atoms. The van der Waals surface area contributed by atoms with E-state index in [9.17, 15) is 17.6 Å². The second-order valence-electron chi connectivity index (χ2n) is 5.18. The van der Waals surface area contributed by atoms with Crippen LogP contribution < -0.4 is 14.8 Å². The van der Waals surface area contributed by atoms with Gasteiger partial charge in [0.2, 0.25) is 0 Å². The predicted octanol–water partition coefficient (Wildman–Crippen LogP) is 2.92. The van der Waals surface area contributed by atoms with Crippen LogP contribution in [0.1, 0.15) is 5.56 Å². The van der Waals surface area contributed by atoms with E-state index in [4.69, 9.17) is 16.3 Å². The van der Waals surface area contributed by atoms with Crippen LogP contribution in [0.25, 0.3) is 0 Å². The van der Waals surface area contributed by atoms with Crippen molar-refractivity contribution in [3.05, 3.63) is 46.7 Å². The van der Waals surface area contributed by atoms with E-state index in [0.29, 0.717) is 11.3 Å². The molecule has 1 aliphatic heterocycles. The van der Waals surface area contributed by atoms with E-state index in [-0.39, 0.29) is 33.9 Å². The monoisotopic (exact) mass is 370 g/mol. The van der Waals surface area contributed by atoms with Crippen molar-refractivity contribution in [2.24, 2.45) is 0 Å². The molecule has 0 aliphatic carbocycles. The fourth-order valence-electron chi connectivity index (χ4n) is 2.23. The summed E-state index contributed by atoms with van der Waals surface area (Å²) in [6.45, 7) is 1.37. The molecule has 0 unspecified atom stereocenters. The van der Waals surface area contributed by atoms with Crippen molar-refractivity contribution in [2.75, 3.05) is 16.6 Å². The first-order valence-electron chi connectivity index (χ1n) is 6.81. The van der Waals surface area contributed by atoms with Crippen LogP contribution in [0.4, 0.5) is 15.8 Å². The molecule has 9 heteroatoms. The lowest BCUT2D eigenvalue weighted by atomic mass is 10.2. The molecular weight excluding hydrogens is 359 g/mol. The van der Waals surface area contributed by atoms with Gasteiger partial charge in [-0.2, -0.15) is 0 Å². The first-order valence-corrected chi connectivity index (χ1v) is 8.67. The minimum atomic E-state index is -4.02. The highest BCUT2D eigenvalue weighted by molar-refractivity contribution is 7.92. The van der Waals surface area contributed by atoms with Gasteiger partial charge in [-0.3, -0.25) is 9.52 Å². The maximum absolute atomic E-state index is 13.1. The smallest absolute Gasteiger partial charge is 0.263 e. The molecule has 2 aromatic carbocycles. The van der Waals surface area contributed by atoms with Crippen LogP contribution in [-0.2, 0) is 14.8 Å².